The molecule has 4 rings (SSSR count). The first-order valence-electron chi connectivity index (χ1n) is 6.80. The number of halogens is 2. The van der Waals surface area contributed by atoms with Crippen LogP contribution in [-0.4, -0.2) is 30.1 Å². The predicted octanol–water partition coefficient (Wildman–Crippen LogP) is 2.88. The van der Waals surface area contributed by atoms with Crippen LogP contribution < -0.4 is 4.74 Å². The molecule has 0 aliphatic rings. The molecular weight excluding hydrogens is 318 g/mol. The van der Waals surface area contributed by atoms with Gasteiger partial charge in [-0.05, 0) is 12.1 Å². The lowest BCUT2D eigenvalue weighted by Gasteiger charge is -2.04. The van der Waals surface area contributed by atoms with E-state index in [1.165, 1.54) is 12.5 Å². The Hall–Kier alpha value is -3.49. The van der Waals surface area contributed by atoms with Gasteiger partial charge in [0.05, 0.1) is 11.1 Å². The number of benzene rings is 1. The molecule has 24 heavy (non-hydrogen) atoms. The molecule has 0 spiro atoms. The van der Waals surface area contributed by atoms with Crippen molar-refractivity contribution < 1.29 is 13.5 Å². The lowest BCUT2D eigenvalue weighted by Crippen LogP contribution is -1.94. The van der Waals surface area contributed by atoms with Crippen LogP contribution in [0.3, 0.4) is 0 Å². The van der Waals surface area contributed by atoms with E-state index in [9.17, 15) is 8.78 Å². The maximum Gasteiger partial charge on any atom is 0.324 e. The molecule has 1 N–H and O–H groups in total. The van der Waals surface area contributed by atoms with Crippen molar-refractivity contribution in [1.82, 2.24) is 30.1 Å². The lowest BCUT2D eigenvalue weighted by molar-refractivity contribution is 0.409. The molecule has 0 atom stereocenters. The van der Waals surface area contributed by atoms with E-state index in [1.54, 1.807) is 12.4 Å². The summed E-state index contributed by atoms with van der Waals surface area (Å²) in [6, 6.07) is 2.86. The zero-order valence-electron chi connectivity index (χ0n) is 11.9. The van der Waals surface area contributed by atoms with Crippen molar-refractivity contribution in [3.05, 3.63) is 54.8 Å². The highest BCUT2D eigenvalue weighted by molar-refractivity contribution is 5.89. The molecule has 7 nitrogen and oxygen atoms in total. The molecule has 0 bridgehead atoms. The van der Waals surface area contributed by atoms with E-state index < -0.39 is 11.6 Å². The van der Waals surface area contributed by atoms with Crippen LogP contribution in [0, 0.1) is 11.6 Å². The third-order valence-electron chi connectivity index (χ3n) is 3.23. The number of hydrogen-bond acceptors (Lipinski definition) is 6. The van der Waals surface area contributed by atoms with Gasteiger partial charge in [0.2, 0.25) is 0 Å². The number of nitrogens with one attached hydrogen (secondary N) is 1. The molecule has 3 aromatic heterocycles. The summed E-state index contributed by atoms with van der Waals surface area (Å²) in [5.74, 6) is -1.72. The van der Waals surface area contributed by atoms with E-state index in [1.807, 2.05) is 0 Å². The summed E-state index contributed by atoms with van der Waals surface area (Å²) in [6.45, 7) is 0. The van der Waals surface area contributed by atoms with Crippen molar-refractivity contribution in [3.63, 3.8) is 0 Å². The van der Waals surface area contributed by atoms with Gasteiger partial charge in [-0.2, -0.15) is 10.1 Å². The number of aromatic nitrogens is 6. The van der Waals surface area contributed by atoms with Gasteiger partial charge in [-0.25, -0.2) is 23.7 Å². The highest BCUT2D eigenvalue weighted by Gasteiger charge is 2.13. The summed E-state index contributed by atoms with van der Waals surface area (Å²) in [5.41, 5.74) is 1.72. The number of hydrogen-bond donors (Lipinski definition) is 1. The fraction of sp³-hybridized carbons (Fsp3) is 0. The fourth-order valence-corrected chi connectivity index (χ4v) is 2.14. The standard InChI is InChI=1S/C15H8F2N6O/c16-9-1-2-12(11(17)3-9)24-15-20-6-10-13(22-23-14(10)21-15)8-4-18-7-19-5-8/h1-7H,(H,20,21,22,23). The largest absolute Gasteiger partial charge is 0.421 e. The van der Waals surface area contributed by atoms with E-state index in [-0.39, 0.29) is 11.8 Å². The number of fused-ring (bicyclic) bond motifs is 1. The average molecular weight is 326 g/mol. The Morgan fingerprint density at radius 2 is 1.88 bits per heavy atom. The van der Waals surface area contributed by atoms with Crippen LogP contribution >= 0.6 is 0 Å². The minimum absolute atomic E-state index is 0.102. The fourth-order valence-electron chi connectivity index (χ4n) is 2.14. The monoisotopic (exact) mass is 326 g/mol. The molecule has 4 aromatic rings. The summed E-state index contributed by atoms with van der Waals surface area (Å²) in [5, 5.41) is 7.53. The van der Waals surface area contributed by atoms with Crippen LogP contribution in [-0.2, 0) is 0 Å². The van der Waals surface area contributed by atoms with Gasteiger partial charge in [-0.3, -0.25) is 5.10 Å². The number of ether oxygens (including phenoxy) is 1. The van der Waals surface area contributed by atoms with Crippen LogP contribution in [0.15, 0.2) is 43.1 Å². The maximum atomic E-state index is 13.6. The first-order chi connectivity index (χ1) is 11.7. The number of rotatable bonds is 3. The Balaban J connectivity index is 1.70. The van der Waals surface area contributed by atoms with Crippen LogP contribution in [0.1, 0.15) is 0 Å². The molecule has 0 radical (unpaired) electrons. The van der Waals surface area contributed by atoms with Crippen LogP contribution in [0.25, 0.3) is 22.3 Å². The topological polar surface area (TPSA) is 89.5 Å². The lowest BCUT2D eigenvalue weighted by atomic mass is 10.2. The molecule has 0 aliphatic carbocycles. The van der Waals surface area contributed by atoms with E-state index in [0.717, 1.165) is 23.8 Å². The summed E-state index contributed by atoms with van der Waals surface area (Å²) in [4.78, 5) is 16.0. The first-order valence-corrected chi connectivity index (χ1v) is 6.80. The zero-order chi connectivity index (χ0) is 16.5. The van der Waals surface area contributed by atoms with Crippen molar-refractivity contribution in [2.45, 2.75) is 0 Å². The van der Waals surface area contributed by atoms with Crippen LogP contribution in [0.2, 0.25) is 0 Å². The van der Waals surface area contributed by atoms with E-state index in [0.29, 0.717) is 16.7 Å². The predicted molar refractivity (Wildman–Crippen MR) is 79.1 cm³/mol. The normalized spacial score (nSPS) is 10.9. The third-order valence-corrected chi connectivity index (χ3v) is 3.23. The molecule has 1 aromatic carbocycles. The first kappa shape index (κ1) is 14.1. The molecule has 0 amide bonds. The number of aromatic amines is 1. The van der Waals surface area contributed by atoms with Crippen LogP contribution in [0.5, 0.6) is 11.8 Å². The van der Waals surface area contributed by atoms with Crippen molar-refractivity contribution in [1.29, 1.82) is 0 Å². The minimum atomic E-state index is -0.845. The highest BCUT2D eigenvalue weighted by atomic mass is 19.1. The molecule has 0 saturated carbocycles. The number of H-pyrrole nitrogens is 1. The second-order valence-electron chi connectivity index (χ2n) is 4.79. The summed E-state index contributed by atoms with van der Waals surface area (Å²) in [6.07, 6.45) is 6.16. The average Bonchev–Trinajstić information content (AvgIpc) is 3.01. The van der Waals surface area contributed by atoms with Gasteiger partial charge in [0, 0.05) is 30.2 Å². The molecule has 0 aliphatic heterocycles. The van der Waals surface area contributed by atoms with Gasteiger partial charge in [0.15, 0.2) is 17.2 Å². The molecule has 0 fully saturated rings. The Morgan fingerprint density at radius 1 is 1.04 bits per heavy atom. The van der Waals surface area contributed by atoms with Gasteiger partial charge in [-0.15, -0.1) is 0 Å². The molecular formula is C15H8F2N6O. The van der Waals surface area contributed by atoms with Gasteiger partial charge in [-0.1, -0.05) is 0 Å². The quantitative estimate of drug-likeness (QED) is 0.622. The van der Waals surface area contributed by atoms with Crippen LogP contribution in [0.4, 0.5) is 8.78 Å². The summed E-state index contributed by atoms with van der Waals surface area (Å²) >= 11 is 0. The van der Waals surface area contributed by atoms with E-state index in [4.69, 9.17) is 4.74 Å². The Morgan fingerprint density at radius 3 is 2.67 bits per heavy atom. The number of nitrogens with zero attached hydrogens (tertiary/aromatic N) is 5. The molecule has 9 heteroatoms. The van der Waals surface area contributed by atoms with E-state index in [2.05, 4.69) is 30.1 Å². The van der Waals surface area contributed by atoms with E-state index >= 15 is 0 Å². The minimum Gasteiger partial charge on any atom is -0.421 e. The highest BCUT2D eigenvalue weighted by Crippen LogP contribution is 2.27. The second kappa shape index (κ2) is 5.61. The molecule has 3 heterocycles. The molecule has 0 unspecified atom stereocenters. The second-order valence-corrected chi connectivity index (χ2v) is 4.79. The molecule has 118 valence electrons. The van der Waals surface area contributed by atoms with Gasteiger partial charge in [0.1, 0.15) is 12.1 Å². The Bertz CT molecular complexity index is 1020. The van der Waals surface area contributed by atoms with Crippen molar-refractivity contribution >= 4 is 11.0 Å². The summed E-state index contributed by atoms with van der Waals surface area (Å²) < 4.78 is 31.8. The van der Waals surface area contributed by atoms with Gasteiger partial charge < -0.3 is 4.74 Å². The third kappa shape index (κ3) is 2.51. The Kier molecular flexibility index (Phi) is 3.30. The zero-order valence-corrected chi connectivity index (χ0v) is 11.9. The molecule has 0 saturated heterocycles. The smallest absolute Gasteiger partial charge is 0.324 e. The van der Waals surface area contributed by atoms with Gasteiger partial charge in [0.25, 0.3) is 0 Å². The summed E-state index contributed by atoms with van der Waals surface area (Å²) in [7, 11) is 0. The van der Waals surface area contributed by atoms with Gasteiger partial charge >= 0.3 is 6.01 Å². The van der Waals surface area contributed by atoms with Crippen molar-refractivity contribution in [2.24, 2.45) is 0 Å². The maximum absolute atomic E-state index is 13.6. The van der Waals surface area contributed by atoms with Crippen molar-refractivity contribution in [3.8, 4) is 23.0 Å². The SMILES string of the molecule is Fc1ccc(Oc2ncc3c(-c4cncnc4)[nH]nc3n2)c(F)c1. The Labute approximate surface area is 133 Å². The van der Waals surface area contributed by atoms with Crippen molar-refractivity contribution in [2.75, 3.05) is 0 Å².